The molecule has 2 fully saturated rings. The maximum atomic E-state index is 14.5. The molecule has 0 bridgehead atoms. The van der Waals surface area contributed by atoms with E-state index in [1.165, 1.54) is 11.3 Å². The van der Waals surface area contributed by atoms with Crippen LogP contribution in [0.4, 0.5) is 14.6 Å². The number of hydrogen-bond acceptors (Lipinski definition) is 7. The fourth-order valence-electron chi connectivity index (χ4n) is 5.56. The van der Waals surface area contributed by atoms with E-state index in [0.29, 0.717) is 44.0 Å². The van der Waals surface area contributed by atoms with Crippen molar-refractivity contribution >= 4 is 23.1 Å². The van der Waals surface area contributed by atoms with Crippen molar-refractivity contribution in [1.82, 2.24) is 14.8 Å². The van der Waals surface area contributed by atoms with E-state index in [9.17, 15) is 13.6 Å². The number of hydrogen-bond donors (Lipinski definition) is 0. The molecule has 224 valence electrons. The van der Waals surface area contributed by atoms with Gasteiger partial charge in [0.1, 0.15) is 24.6 Å². The number of aromatic nitrogens is 1. The molecule has 0 aromatic carbocycles. The first-order valence-electron chi connectivity index (χ1n) is 14.3. The Labute approximate surface area is 246 Å². The first kappa shape index (κ1) is 31.3. The quantitative estimate of drug-likeness (QED) is 0.379. The Hall–Kier alpha value is -2.66. The predicted octanol–water partition coefficient (Wildman–Crippen LogP) is 5.85. The van der Waals surface area contributed by atoms with Gasteiger partial charge < -0.3 is 19.3 Å². The summed E-state index contributed by atoms with van der Waals surface area (Å²) >= 11 is 1.44. The standard InChI is InChI=1S/C29H36F2N4O3S.C2H6/c1-20(2)23(15-33(4)27-22(6-5-9-32-27)17-35-12-13-37-18-25(35)36)16-34-10-7-28(8-11-34)26-24(14-21(3)39-26)29(30,31)19-38-28;1-2/h5-6,9,14-15H,1,7-8,10-13,16-19H2,2-4H3;1-2H3/b23-15-;. The highest BCUT2D eigenvalue weighted by atomic mass is 32.1. The monoisotopic (exact) mass is 588 g/mol. The second-order valence-corrected chi connectivity index (χ2v) is 12.0. The van der Waals surface area contributed by atoms with Crippen LogP contribution >= 0.6 is 11.3 Å². The number of pyridine rings is 1. The third-order valence-electron chi connectivity index (χ3n) is 7.79. The molecule has 0 atom stereocenters. The molecule has 0 unspecified atom stereocenters. The average molecular weight is 589 g/mol. The van der Waals surface area contributed by atoms with Gasteiger partial charge in [-0.25, -0.2) is 4.98 Å². The number of carbonyl (C=O) groups is 1. The Morgan fingerprint density at radius 1 is 1.27 bits per heavy atom. The third-order valence-corrected chi connectivity index (χ3v) is 9.03. The molecule has 3 aliphatic rings. The van der Waals surface area contributed by atoms with Crippen LogP contribution in [0.3, 0.4) is 0 Å². The molecule has 2 aromatic rings. The highest BCUT2D eigenvalue weighted by Crippen LogP contribution is 2.51. The normalized spacial score (nSPS) is 20.3. The number of alkyl halides is 2. The zero-order valence-electron chi connectivity index (χ0n) is 24.8. The SMILES string of the molecule is C=C(C)/C(=C\N(C)c1ncccc1CN1CCOCC1=O)CN1CCC2(CC1)OCC(F)(F)c1cc(C)sc12.CC. The number of piperidine rings is 1. The maximum absolute atomic E-state index is 14.5. The Balaban J connectivity index is 0.00000189. The predicted molar refractivity (Wildman–Crippen MR) is 159 cm³/mol. The Morgan fingerprint density at radius 3 is 2.68 bits per heavy atom. The van der Waals surface area contributed by atoms with Gasteiger partial charge in [-0.05, 0) is 44.4 Å². The van der Waals surface area contributed by atoms with E-state index in [2.05, 4.69) is 22.7 Å². The van der Waals surface area contributed by atoms with Crippen LogP contribution in [-0.2, 0) is 32.3 Å². The minimum absolute atomic E-state index is 0.0183. The first-order valence-corrected chi connectivity index (χ1v) is 15.1. The molecule has 0 saturated carbocycles. The summed E-state index contributed by atoms with van der Waals surface area (Å²) in [4.78, 5) is 24.6. The molecule has 41 heavy (non-hydrogen) atoms. The number of thiophene rings is 1. The summed E-state index contributed by atoms with van der Waals surface area (Å²) in [5.74, 6) is -2.16. The van der Waals surface area contributed by atoms with E-state index in [1.54, 1.807) is 17.2 Å². The van der Waals surface area contributed by atoms with Gasteiger partial charge >= 0.3 is 0 Å². The number of morpholine rings is 1. The van der Waals surface area contributed by atoms with E-state index >= 15 is 0 Å². The van der Waals surface area contributed by atoms with Gasteiger partial charge in [-0.15, -0.1) is 11.3 Å². The van der Waals surface area contributed by atoms with Crippen molar-refractivity contribution in [1.29, 1.82) is 0 Å². The van der Waals surface area contributed by atoms with E-state index in [-0.39, 0.29) is 18.1 Å². The Kier molecular flexibility index (Phi) is 10.00. The molecule has 5 rings (SSSR count). The van der Waals surface area contributed by atoms with Gasteiger partial charge in [0, 0.05) is 73.0 Å². The summed E-state index contributed by atoms with van der Waals surface area (Å²) in [5, 5.41) is 0. The lowest BCUT2D eigenvalue weighted by atomic mass is 9.84. The van der Waals surface area contributed by atoms with Crippen LogP contribution in [0, 0.1) is 6.92 Å². The minimum atomic E-state index is -2.93. The molecule has 1 spiro atoms. The van der Waals surface area contributed by atoms with Gasteiger partial charge in [0.15, 0.2) is 0 Å². The van der Waals surface area contributed by atoms with E-state index < -0.39 is 18.1 Å². The van der Waals surface area contributed by atoms with Crippen molar-refractivity contribution in [3.63, 3.8) is 0 Å². The molecule has 5 heterocycles. The number of amides is 1. The topological polar surface area (TPSA) is 58.1 Å². The fourth-order valence-corrected chi connectivity index (χ4v) is 6.82. The van der Waals surface area contributed by atoms with Crippen LogP contribution in [0.2, 0.25) is 0 Å². The molecule has 0 aliphatic carbocycles. The van der Waals surface area contributed by atoms with Crippen molar-refractivity contribution in [2.45, 2.75) is 58.6 Å². The molecule has 1 amide bonds. The number of aryl methyl sites for hydroxylation is 1. The zero-order chi connectivity index (χ0) is 29.8. The summed E-state index contributed by atoms with van der Waals surface area (Å²) < 4.78 is 40.3. The van der Waals surface area contributed by atoms with Gasteiger partial charge in [0.25, 0.3) is 5.92 Å². The molecule has 2 saturated heterocycles. The van der Waals surface area contributed by atoms with E-state index in [4.69, 9.17) is 9.47 Å². The lowest BCUT2D eigenvalue weighted by Crippen LogP contribution is -2.49. The summed E-state index contributed by atoms with van der Waals surface area (Å²) in [6, 6.07) is 5.51. The molecule has 0 N–H and O–H groups in total. The number of likely N-dealkylation sites (tertiary alicyclic amines) is 1. The Morgan fingerprint density at radius 2 is 2.00 bits per heavy atom. The van der Waals surface area contributed by atoms with Crippen molar-refractivity contribution in [3.05, 3.63) is 69.2 Å². The van der Waals surface area contributed by atoms with Crippen molar-refractivity contribution < 1.29 is 23.0 Å². The largest absolute Gasteiger partial charge is 0.370 e. The second kappa shape index (κ2) is 13.1. The van der Waals surface area contributed by atoms with E-state index in [1.807, 2.05) is 51.8 Å². The minimum Gasteiger partial charge on any atom is -0.370 e. The highest BCUT2D eigenvalue weighted by Gasteiger charge is 2.51. The summed E-state index contributed by atoms with van der Waals surface area (Å²) in [7, 11) is 1.96. The van der Waals surface area contributed by atoms with Crippen LogP contribution < -0.4 is 4.90 Å². The highest BCUT2D eigenvalue weighted by molar-refractivity contribution is 7.12. The van der Waals surface area contributed by atoms with Crippen molar-refractivity contribution in [2.75, 3.05) is 57.9 Å². The number of halogens is 2. The fraction of sp³-hybridized carbons (Fsp3) is 0.548. The second-order valence-electron chi connectivity index (χ2n) is 10.8. The van der Waals surface area contributed by atoms with Gasteiger partial charge in [0.2, 0.25) is 5.91 Å². The van der Waals surface area contributed by atoms with Crippen LogP contribution in [0.1, 0.15) is 54.5 Å². The zero-order valence-corrected chi connectivity index (χ0v) is 25.7. The number of nitrogens with zero attached hydrogens (tertiary/aromatic N) is 4. The third kappa shape index (κ3) is 6.88. The number of carbonyl (C=O) groups excluding carboxylic acids is 1. The summed E-state index contributed by atoms with van der Waals surface area (Å²) in [5.41, 5.74) is 2.50. The molecule has 2 aromatic heterocycles. The smallest absolute Gasteiger partial charge is 0.297 e. The lowest BCUT2D eigenvalue weighted by Gasteiger charge is -2.45. The summed E-state index contributed by atoms with van der Waals surface area (Å²) in [6.07, 6.45) is 5.15. The molecular weight excluding hydrogens is 546 g/mol. The first-order chi connectivity index (χ1) is 19.6. The number of anilines is 1. The molecular formula is C31H42F2N4O3S. The lowest BCUT2D eigenvalue weighted by molar-refractivity contribution is -0.181. The van der Waals surface area contributed by atoms with Gasteiger partial charge in [-0.1, -0.05) is 32.1 Å². The Bertz CT molecular complexity index is 1270. The number of rotatable bonds is 7. The number of ether oxygens (including phenoxy) is 2. The maximum Gasteiger partial charge on any atom is 0.297 e. The van der Waals surface area contributed by atoms with Crippen LogP contribution in [0.15, 0.2) is 48.3 Å². The van der Waals surface area contributed by atoms with Gasteiger partial charge in [-0.2, -0.15) is 8.78 Å². The van der Waals surface area contributed by atoms with Gasteiger partial charge in [-0.3, -0.25) is 9.69 Å². The van der Waals surface area contributed by atoms with Crippen LogP contribution in [0.25, 0.3) is 0 Å². The van der Waals surface area contributed by atoms with Crippen molar-refractivity contribution in [2.24, 2.45) is 0 Å². The van der Waals surface area contributed by atoms with Crippen molar-refractivity contribution in [3.8, 4) is 0 Å². The number of fused-ring (bicyclic) bond motifs is 2. The summed E-state index contributed by atoms with van der Waals surface area (Å²) in [6.45, 7) is 15.4. The molecule has 10 heteroatoms. The molecule has 3 aliphatic heterocycles. The van der Waals surface area contributed by atoms with E-state index in [0.717, 1.165) is 40.5 Å². The molecule has 7 nitrogen and oxygen atoms in total. The van der Waals surface area contributed by atoms with Gasteiger partial charge in [0.05, 0.1) is 6.61 Å². The van der Waals surface area contributed by atoms with Crippen LogP contribution in [0.5, 0.6) is 0 Å². The molecule has 0 radical (unpaired) electrons. The average Bonchev–Trinajstić information content (AvgIpc) is 3.38. The van der Waals surface area contributed by atoms with Crippen LogP contribution in [-0.4, -0.2) is 73.7 Å².